The standard InChI is InChI=1S/C24H25F7O/c1-2-3-4-5-14-6-8-15(9-7-14)17-10-11-18(22(28)21(17)27)24(30,31)32-16-12-19(25)23(29)20(26)13-16/h10-15H,2-9H2,1H3. The Morgan fingerprint density at radius 1 is 0.844 bits per heavy atom. The van der Waals surface area contributed by atoms with Crippen molar-refractivity contribution in [3.63, 3.8) is 0 Å². The van der Waals surface area contributed by atoms with Crippen LogP contribution in [0.1, 0.15) is 75.3 Å². The summed E-state index contributed by atoms with van der Waals surface area (Å²) in [5.74, 6) is -9.29. The fourth-order valence-corrected chi connectivity index (χ4v) is 4.34. The molecule has 0 radical (unpaired) electrons. The lowest BCUT2D eigenvalue weighted by Gasteiger charge is -2.29. The third-order valence-corrected chi connectivity index (χ3v) is 6.13. The molecule has 1 saturated carbocycles. The molecule has 0 spiro atoms. The van der Waals surface area contributed by atoms with Crippen LogP contribution in [-0.2, 0) is 6.11 Å². The van der Waals surface area contributed by atoms with Crippen molar-refractivity contribution >= 4 is 0 Å². The van der Waals surface area contributed by atoms with Crippen molar-refractivity contribution in [1.29, 1.82) is 0 Å². The minimum atomic E-state index is -4.43. The Morgan fingerprint density at radius 3 is 2.06 bits per heavy atom. The molecule has 1 fully saturated rings. The predicted octanol–water partition coefficient (Wildman–Crippen LogP) is 8.36. The molecular weight excluding hydrogens is 437 g/mol. The molecule has 0 saturated heterocycles. The maximum absolute atomic E-state index is 14.7. The Hall–Kier alpha value is -2.25. The summed E-state index contributed by atoms with van der Waals surface area (Å²) in [6.07, 6.45) is 3.14. The third-order valence-electron chi connectivity index (χ3n) is 6.13. The Kier molecular flexibility index (Phi) is 7.72. The maximum atomic E-state index is 14.7. The van der Waals surface area contributed by atoms with Crippen molar-refractivity contribution in [2.24, 2.45) is 5.92 Å². The van der Waals surface area contributed by atoms with Gasteiger partial charge in [-0.05, 0) is 49.1 Å². The molecule has 0 N–H and O–H groups in total. The number of hydrogen-bond acceptors (Lipinski definition) is 1. The van der Waals surface area contributed by atoms with Gasteiger partial charge in [0.25, 0.3) is 0 Å². The summed E-state index contributed by atoms with van der Waals surface area (Å²) in [6.45, 7) is 2.13. The zero-order chi connectivity index (χ0) is 23.5. The van der Waals surface area contributed by atoms with Crippen LogP contribution in [0.15, 0.2) is 24.3 Å². The Bertz CT molecular complexity index is 913. The van der Waals surface area contributed by atoms with E-state index in [2.05, 4.69) is 11.7 Å². The van der Waals surface area contributed by atoms with Crippen molar-refractivity contribution < 1.29 is 35.5 Å². The summed E-state index contributed by atoms with van der Waals surface area (Å²) in [7, 11) is 0. The van der Waals surface area contributed by atoms with Gasteiger partial charge in [-0.2, -0.15) is 8.78 Å². The van der Waals surface area contributed by atoms with Crippen molar-refractivity contribution in [2.45, 2.75) is 70.3 Å². The molecule has 0 unspecified atom stereocenters. The van der Waals surface area contributed by atoms with Gasteiger partial charge < -0.3 is 4.74 Å². The molecule has 176 valence electrons. The molecule has 0 atom stereocenters. The summed E-state index contributed by atoms with van der Waals surface area (Å²) >= 11 is 0. The van der Waals surface area contributed by atoms with Crippen LogP contribution < -0.4 is 4.74 Å². The van der Waals surface area contributed by atoms with Gasteiger partial charge in [0.2, 0.25) is 0 Å². The van der Waals surface area contributed by atoms with E-state index in [1.165, 1.54) is 0 Å². The van der Waals surface area contributed by atoms with Gasteiger partial charge in [-0.15, -0.1) is 0 Å². The lowest BCUT2D eigenvalue weighted by Crippen LogP contribution is -2.25. The van der Waals surface area contributed by atoms with Gasteiger partial charge in [-0.25, -0.2) is 22.0 Å². The number of hydrogen-bond donors (Lipinski definition) is 0. The number of ether oxygens (including phenoxy) is 1. The summed E-state index contributed by atoms with van der Waals surface area (Å²) in [4.78, 5) is 0. The summed E-state index contributed by atoms with van der Waals surface area (Å²) in [5.41, 5.74) is -1.37. The summed E-state index contributed by atoms with van der Waals surface area (Å²) in [6, 6.07) is 2.23. The molecule has 3 rings (SSSR count). The van der Waals surface area contributed by atoms with Crippen molar-refractivity contribution in [3.05, 3.63) is 64.5 Å². The highest BCUT2D eigenvalue weighted by atomic mass is 19.3. The lowest BCUT2D eigenvalue weighted by molar-refractivity contribution is -0.188. The third kappa shape index (κ3) is 5.38. The number of unbranched alkanes of at least 4 members (excludes halogenated alkanes) is 2. The zero-order valence-corrected chi connectivity index (χ0v) is 17.7. The van der Waals surface area contributed by atoms with Gasteiger partial charge in [0.1, 0.15) is 11.3 Å². The average Bonchev–Trinajstić information content (AvgIpc) is 2.74. The predicted molar refractivity (Wildman–Crippen MR) is 106 cm³/mol. The van der Waals surface area contributed by atoms with Crippen LogP contribution in [-0.4, -0.2) is 0 Å². The van der Waals surface area contributed by atoms with Gasteiger partial charge in [-0.3, -0.25) is 0 Å². The van der Waals surface area contributed by atoms with Gasteiger partial charge in [0, 0.05) is 12.1 Å². The number of halogens is 7. The van der Waals surface area contributed by atoms with Gasteiger partial charge >= 0.3 is 6.11 Å². The van der Waals surface area contributed by atoms with E-state index in [1.807, 2.05) is 0 Å². The highest BCUT2D eigenvalue weighted by Gasteiger charge is 2.40. The summed E-state index contributed by atoms with van der Waals surface area (Å²) < 4.78 is 102. The van der Waals surface area contributed by atoms with Crippen molar-refractivity contribution in [1.82, 2.24) is 0 Å². The average molecular weight is 462 g/mol. The molecule has 8 heteroatoms. The van der Waals surface area contributed by atoms with E-state index in [0.717, 1.165) is 50.7 Å². The topological polar surface area (TPSA) is 9.23 Å². The molecular formula is C24H25F7O. The highest BCUT2D eigenvalue weighted by molar-refractivity contribution is 5.33. The van der Waals surface area contributed by atoms with Crippen LogP contribution in [0.2, 0.25) is 0 Å². The van der Waals surface area contributed by atoms with Crippen LogP contribution in [0.4, 0.5) is 30.7 Å². The van der Waals surface area contributed by atoms with Crippen LogP contribution in [0.25, 0.3) is 0 Å². The number of alkyl halides is 2. The van der Waals surface area contributed by atoms with E-state index in [1.54, 1.807) is 0 Å². The molecule has 1 nitrogen and oxygen atoms in total. The van der Waals surface area contributed by atoms with Crippen LogP contribution in [0.3, 0.4) is 0 Å². The Morgan fingerprint density at radius 2 is 1.47 bits per heavy atom. The van der Waals surface area contributed by atoms with E-state index >= 15 is 0 Å². The largest absolute Gasteiger partial charge is 0.429 e. The smallest absolute Gasteiger partial charge is 0.429 e. The quantitative estimate of drug-likeness (QED) is 0.218. The summed E-state index contributed by atoms with van der Waals surface area (Å²) in [5, 5.41) is 0. The Labute approximate surface area is 182 Å². The normalized spacial score (nSPS) is 19.2. The maximum Gasteiger partial charge on any atom is 0.429 e. The Balaban J connectivity index is 1.74. The van der Waals surface area contributed by atoms with E-state index in [4.69, 9.17) is 0 Å². The number of benzene rings is 2. The lowest BCUT2D eigenvalue weighted by atomic mass is 9.76. The van der Waals surface area contributed by atoms with Crippen LogP contribution >= 0.6 is 0 Å². The molecule has 2 aromatic rings. The first kappa shape index (κ1) is 24.4. The van der Waals surface area contributed by atoms with Gasteiger partial charge in [-0.1, -0.05) is 38.7 Å². The van der Waals surface area contributed by atoms with Gasteiger partial charge in [0.05, 0.1) is 0 Å². The minimum absolute atomic E-state index is 0.0351. The van der Waals surface area contributed by atoms with E-state index < -0.39 is 46.5 Å². The van der Waals surface area contributed by atoms with E-state index in [9.17, 15) is 30.7 Å². The fourth-order valence-electron chi connectivity index (χ4n) is 4.34. The molecule has 32 heavy (non-hydrogen) atoms. The van der Waals surface area contributed by atoms with Crippen molar-refractivity contribution in [2.75, 3.05) is 0 Å². The fraction of sp³-hybridized carbons (Fsp3) is 0.500. The van der Waals surface area contributed by atoms with Crippen LogP contribution in [0, 0.1) is 35.0 Å². The number of rotatable bonds is 8. The molecule has 1 aliphatic carbocycles. The van der Waals surface area contributed by atoms with Crippen LogP contribution in [0.5, 0.6) is 5.75 Å². The highest BCUT2D eigenvalue weighted by Crippen LogP contribution is 2.41. The second kappa shape index (κ2) is 10.1. The van der Waals surface area contributed by atoms with E-state index in [0.29, 0.717) is 18.8 Å². The molecule has 0 bridgehead atoms. The second-order valence-corrected chi connectivity index (χ2v) is 8.36. The molecule has 0 amide bonds. The first-order valence-electron chi connectivity index (χ1n) is 10.8. The molecule has 2 aromatic carbocycles. The monoisotopic (exact) mass is 462 g/mol. The minimum Gasteiger partial charge on any atom is -0.429 e. The first-order chi connectivity index (χ1) is 15.1. The zero-order valence-electron chi connectivity index (χ0n) is 17.7. The first-order valence-corrected chi connectivity index (χ1v) is 10.8. The van der Waals surface area contributed by atoms with E-state index in [-0.39, 0.29) is 23.6 Å². The molecule has 0 aromatic heterocycles. The molecule has 0 aliphatic heterocycles. The second-order valence-electron chi connectivity index (χ2n) is 8.36. The molecule has 0 heterocycles. The SMILES string of the molecule is CCCCCC1CCC(c2ccc(C(F)(F)Oc3cc(F)c(F)c(F)c3)c(F)c2F)CC1. The van der Waals surface area contributed by atoms with Crippen molar-refractivity contribution in [3.8, 4) is 5.75 Å². The van der Waals surface area contributed by atoms with Gasteiger partial charge in [0.15, 0.2) is 29.1 Å². The molecule has 1 aliphatic rings.